The summed E-state index contributed by atoms with van der Waals surface area (Å²) in [6.07, 6.45) is 5.00. The highest BCUT2D eigenvalue weighted by Gasteiger charge is 2.20. The summed E-state index contributed by atoms with van der Waals surface area (Å²) < 4.78 is 2.08. The highest BCUT2D eigenvalue weighted by molar-refractivity contribution is 5.79. The highest BCUT2D eigenvalue weighted by atomic mass is 15.3. The molecule has 2 heterocycles. The first-order valence-corrected chi connectivity index (χ1v) is 9.33. The topological polar surface area (TPSA) is 57.5 Å². The summed E-state index contributed by atoms with van der Waals surface area (Å²) in [7, 11) is 1.84. The fourth-order valence-corrected chi connectivity index (χ4v) is 3.48. The molecule has 6 nitrogen and oxygen atoms in total. The van der Waals surface area contributed by atoms with Gasteiger partial charge in [0.25, 0.3) is 0 Å². The van der Waals surface area contributed by atoms with Crippen molar-refractivity contribution in [3.8, 4) is 0 Å². The molecule has 136 valence electrons. The molecule has 1 unspecified atom stereocenters. The van der Waals surface area contributed by atoms with Crippen molar-refractivity contribution in [1.29, 1.82) is 0 Å². The van der Waals surface area contributed by atoms with Gasteiger partial charge in [-0.3, -0.25) is 14.6 Å². The average Bonchev–Trinajstić information content (AvgIpc) is 2.92. The Hall–Kier alpha value is -1.56. The molecule has 1 fully saturated rings. The number of hydrogen-bond acceptors (Lipinski definition) is 3. The molecule has 1 saturated heterocycles. The molecule has 6 heteroatoms. The van der Waals surface area contributed by atoms with Crippen molar-refractivity contribution in [2.45, 2.75) is 59.0 Å². The number of guanidine groups is 1. The lowest BCUT2D eigenvalue weighted by Crippen LogP contribution is -2.49. The quantitative estimate of drug-likeness (QED) is 0.454. The van der Waals surface area contributed by atoms with E-state index in [4.69, 9.17) is 0 Å². The molecule has 0 saturated carbocycles. The van der Waals surface area contributed by atoms with Gasteiger partial charge in [0.2, 0.25) is 0 Å². The van der Waals surface area contributed by atoms with Gasteiger partial charge in [-0.05, 0) is 52.3 Å². The van der Waals surface area contributed by atoms with Gasteiger partial charge in [0, 0.05) is 38.4 Å². The van der Waals surface area contributed by atoms with Crippen LogP contribution in [0, 0.1) is 13.8 Å². The third-order valence-electron chi connectivity index (χ3n) is 4.83. The third-order valence-corrected chi connectivity index (χ3v) is 4.83. The van der Waals surface area contributed by atoms with Crippen LogP contribution in [-0.4, -0.2) is 59.9 Å². The second-order valence-corrected chi connectivity index (χ2v) is 6.66. The number of likely N-dealkylation sites (N-methyl/N-ethyl adjacent to an activating group) is 1. The van der Waals surface area contributed by atoms with E-state index in [0.717, 1.165) is 44.3 Å². The molecule has 24 heavy (non-hydrogen) atoms. The Morgan fingerprint density at radius 1 is 1.33 bits per heavy atom. The van der Waals surface area contributed by atoms with Gasteiger partial charge in [-0.1, -0.05) is 13.3 Å². The maximum atomic E-state index is 4.50. The van der Waals surface area contributed by atoms with Crippen LogP contribution in [0.1, 0.15) is 44.0 Å². The molecule has 1 aromatic heterocycles. The molecule has 0 spiro atoms. The number of nitrogens with one attached hydrogen (secondary N) is 2. The SMILES string of the molecule is CCN1CCCCC1CNC(=NC)NCCCn1nc(C)cc1C. The second-order valence-electron chi connectivity index (χ2n) is 6.66. The fourth-order valence-electron chi connectivity index (χ4n) is 3.48. The first-order chi connectivity index (χ1) is 11.6. The van der Waals surface area contributed by atoms with E-state index in [0.29, 0.717) is 6.04 Å². The molecule has 1 aliphatic heterocycles. The molecule has 0 amide bonds. The zero-order valence-electron chi connectivity index (χ0n) is 15.8. The lowest BCUT2D eigenvalue weighted by Gasteiger charge is -2.35. The number of rotatable bonds is 7. The Morgan fingerprint density at radius 2 is 2.17 bits per heavy atom. The van der Waals surface area contributed by atoms with Crippen LogP contribution in [0.4, 0.5) is 0 Å². The Bertz CT molecular complexity index is 522. The van der Waals surface area contributed by atoms with Crippen LogP contribution in [0.25, 0.3) is 0 Å². The minimum absolute atomic E-state index is 0.636. The molecular formula is C18H34N6. The van der Waals surface area contributed by atoms with E-state index in [2.05, 4.69) is 50.2 Å². The van der Waals surface area contributed by atoms with Crippen molar-refractivity contribution in [3.05, 3.63) is 17.5 Å². The van der Waals surface area contributed by atoms with Crippen LogP contribution < -0.4 is 10.6 Å². The molecule has 0 aromatic carbocycles. The van der Waals surface area contributed by atoms with Crippen LogP contribution >= 0.6 is 0 Å². The second kappa shape index (κ2) is 9.67. The lowest BCUT2D eigenvalue weighted by atomic mass is 10.0. The van der Waals surface area contributed by atoms with Gasteiger partial charge in [-0.2, -0.15) is 5.10 Å². The Balaban J connectivity index is 1.67. The number of aliphatic imine (C=N–C) groups is 1. The summed E-state index contributed by atoms with van der Waals surface area (Å²) in [5.74, 6) is 0.907. The normalized spacial score (nSPS) is 19.5. The van der Waals surface area contributed by atoms with Crippen molar-refractivity contribution in [1.82, 2.24) is 25.3 Å². The Kier molecular flexibility index (Phi) is 7.56. The molecular weight excluding hydrogens is 300 g/mol. The molecule has 1 aliphatic rings. The summed E-state index contributed by atoms with van der Waals surface area (Å²) in [6, 6.07) is 2.76. The van der Waals surface area contributed by atoms with Crippen LogP contribution in [0.5, 0.6) is 0 Å². The largest absolute Gasteiger partial charge is 0.356 e. The maximum Gasteiger partial charge on any atom is 0.191 e. The average molecular weight is 335 g/mol. The van der Waals surface area contributed by atoms with Gasteiger partial charge in [0.15, 0.2) is 5.96 Å². The van der Waals surface area contributed by atoms with E-state index >= 15 is 0 Å². The van der Waals surface area contributed by atoms with Crippen molar-refractivity contribution in [2.24, 2.45) is 4.99 Å². The number of likely N-dealkylation sites (tertiary alicyclic amines) is 1. The van der Waals surface area contributed by atoms with E-state index < -0.39 is 0 Å². The van der Waals surface area contributed by atoms with Crippen LogP contribution in [0.2, 0.25) is 0 Å². The number of aromatic nitrogens is 2. The number of aryl methyl sites for hydroxylation is 3. The van der Waals surface area contributed by atoms with E-state index in [-0.39, 0.29) is 0 Å². The van der Waals surface area contributed by atoms with Crippen LogP contribution in [0.15, 0.2) is 11.1 Å². The number of nitrogens with zero attached hydrogens (tertiary/aromatic N) is 4. The van der Waals surface area contributed by atoms with E-state index in [1.807, 2.05) is 14.0 Å². The molecule has 2 N–H and O–H groups in total. The standard InChI is InChI=1S/C18H34N6/c1-5-23-11-7-6-9-17(23)14-21-18(19-4)20-10-8-12-24-16(3)13-15(2)22-24/h13,17H,5-12,14H2,1-4H3,(H2,19,20,21). The first kappa shape index (κ1) is 18.8. The minimum atomic E-state index is 0.636. The minimum Gasteiger partial charge on any atom is -0.356 e. The Morgan fingerprint density at radius 3 is 2.83 bits per heavy atom. The molecule has 0 bridgehead atoms. The molecule has 0 radical (unpaired) electrons. The lowest BCUT2D eigenvalue weighted by molar-refractivity contribution is 0.157. The van der Waals surface area contributed by atoms with Crippen molar-refractivity contribution < 1.29 is 0 Å². The highest BCUT2D eigenvalue weighted by Crippen LogP contribution is 2.15. The summed E-state index contributed by atoms with van der Waals surface area (Å²) in [5.41, 5.74) is 2.32. The van der Waals surface area contributed by atoms with Crippen molar-refractivity contribution >= 4 is 5.96 Å². The fraction of sp³-hybridized carbons (Fsp3) is 0.778. The van der Waals surface area contributed by atoms with E-state index in [1.54, 1.807) is 0 Å². The van der Waals surface area contributed by atoms with Gasteiger partial charge in [0.05, 0.1) is 5.69 Å². The zero-order valence-corrected chi connectivity index (χ0v) is 15.8. The van der Waals surface area contributed by atoms with E-state index in [1.165, 1.54) is 31.5 Å². The number of hydrogen-bond donors (Lipinski definition) is 2. The number of piperidine rings is 1. The summed E-state index contributed by atoms with van der Waals surface area (Å²) in [4.78, 5) is 6.92. The Labute approximate surface area is 146 Å². The van der Waals surface area contributed by atoms with E-state index in [9.17, 15) is 0 Å². The monoisotopic (exact) mass is 334 g/mol. The maximum absolute atomic E-state index is 4.50. The molecule has 2 rings (SSSR count). The first-order valence-electron chi connectivity index (χ1n) is 9.33. The smallest absolute Gasteiger partial charge is 0.191 e. The predicted octanol–water partition coefficient (Wildman–Crippen LogP) is 1.93. The molecule has 1 atom stereocenters. The van der Waals surface area contributed by atoms with Crippen LogP contribution in [0.3, 0.4) is 0 Å². The molecule has 0 aliphatic carbocycles. The summed E-state index contributed by atoms with van der Waals surface area (Å²) >= 11 is 0. The summed E-state index contributed by atoms with van der Waals surface area (Å²) in [6.45, 7) is 11.6. The summed E-state index contributed by atoms with van der Waals surface area (Å²) in [5, 5.41) is 11.4. The van der Waals surface area contributed by atoms with Gasteiger partial charge in [-0.15, -0.1) is 0 Å². The van der Waals surface area contributed by atoms with Crippen molar-refractivity contribution in [2.75, 3.05) is 33.2 Å². The van der Waals surface area contributed by atoms with Crippen molar-refractivity contribution in [3.63, 3.8) is 0 Å². The van der Waals surface area contributed by atoms with Gasteiger partial charge in [-0.25, -0.2) is 0 Å². The zero-order chi connectivity index (χ0) is 17.4. The van der Waals surface area contributed by atoms with Gasteiger partial charge < -0.3 is 10.6 Å². The van der Waals surface area contributed by atoms with Gasteiger partial charge >= 0.3 is 0 Å². The molecule has 1 aromatic rings. The predicted molar refractivity (Wildman–Crippen MR) is 101 cm³/mol. The van der Waals surface area contributed by atoms with Gasteiger partial charge in [0.1, 0.15) is 0 Å². The third kappa shape index (κ3) is 5.51. The van der Waals surface area contributed by atoms with Crippen LogP contribution in [-0.2, 0) is 6.54 Å².